The van der Waals surface area contributed by atoms with Crippen molar-refractivity contribution in [3.63, 3.8) is 0 Å². The maximum absolute atomic E-state index is 11.5. The van der Waals surface area contributed by atoms with Crippen molar-refractivity contribution in [2.75, 3.05) is 11.9 Å². The predicted octanol–water partition coefficient (Wildman–Crippen LogP) is 0.803. The van der Waals surface area contributed by atoms with Crippen LogP contribution < -0.4 is 10.6 Å². The molecule has 15 heavy (non-hydrogen) atoms. The van der Waals surface area contributed by atoms with Gasteiger partial charge in [0.15, 0.2) is 0 Å². The van der Waals surface area contributed by atoms with Crippen molar-refractivity contribution < 1.29 is 4.79 Å². The zero-order chi connectivity index (χ0) is 11.1. The Labute approximate surface area is 89.3 Å². The first-order valence-corrected chi connectivity index (χ1v) is 5.04. The van der Waals surface area contributed by atoms with Gasteiger partial charge in [-0.3, -0.25) is 9.78 Å². The van der Waals surface area contributed by atoms with Gasteiger partial charge in [0, 0.05) is 18.9 Å². The average Bonchev–Trinajstić information content (AvgIpc) is 2.27. The minimum absolute atomic E-state index is 0.0255. The van der Waals surface area contributed by atoms with Crippen molar-refractivity contribution in [2.45, 2.75) is 26.3 Å². The minimum atomic E-state index is -0.298. The van der Waals surface area contributed by atoms with Crippen LogP contribution in [-0.2, 0) is 4.79 Å². The molecule has 1 rings (SSSR count). The highest BCUT2D eigenvalue weighted by atomic mass is 16.2. The molecule has 1 aromatic heterocycles. The van der Waals surface area contributed by atoms with Crippen molar-refractivity contribution in [2.24, 2.45) is 0 Å². The number of rotatable bonds is 5. The van der Waals surface area contributed by atoms with E-state index in [0.29, 0.717) is 12.4 Å². The van der Waals surface area contributed by atoms with Gasteiger partial charge in [0.25, 0.3) is 0 Å². The van der Waals surface area contributed by atoms with E-state index in [4.69, 9.17) is 0 Å². The minimum Gasteiger partial charge on any atom is -0.357 e. The maximum atomic E-state index is 11.5. The zero-order valence-corrected chi connectivity index (χ0v) is 9.03. The van der Waals surface area contributed by atoms with Gasteiger partial charge in [-0.25, -0.2) is 4.98 Å². The van der Waals surface area contributed by atoms with Crippen molar-refractivity contribution in [3.8, 4) is 0 Å². The van der Waals surface area contributed by atoms with E-state index in [2.05, 4.69) is 20.6 Å². The van der Waals surface area contributed by atoms with Gasteiger partial charge >= 0.3 is 0 Å². The fourth-order valence-corrected chi connectivity index (χ4v) is 1.06. The highest BCUT2D eigenvalue weighted by Gasteiger charge is 2.11. The number of carbonyl (C=O) groups excluding carboxylic acids is 1. The van der Waals surface area contributed by atoms with Gasteiger partial charge in [0.05, 0.1) is 6.20 Å². The van der Waals surface area contributed by atoms with Crippen molar-refractivity contribution >= 4 is 11.7 Å². The monoisotopic (exact) mass is 208 g/mol. The number of hydrogen-bond acceptors (Lipinski definition) is 4. The van der Waals surface area contributed by atoms with Crippen LogP contribution >= 0.6 is 0 Å². The SMILES string of the molecule is CCCNC(=O)C(C)Nc1cnccn1. The third-order valence-corrected chi connectivity index (χ3v) is 1.87. The summed E-state index contributed by atoms with van der Waals surface area (Å²) in [4.78, 5) is 19.4. The third kappa shape index (κ3) is 3.93. The molecule has 0 saturated carbocycles. The lowest BCUT2D eigenvalue weighted by molar-refractivity contribution is -0.121. The molecule has 1 amide bonds. The molecule has 1 aromatic rings. The third-order valence-electron chi connectivity index (χ3n) is 1.87. The Morgan fingerprint density at radius 3 is 2.93 bits per heavy atom. The summed E-state index contributed by atoms with van der Waals surface area (Å²) < 4.78 is 0. The summed E-state index contributed by atoms with van der Waals surface area (Å²) >= 11 is 0. The van der Waals surface area contributed by atoms with E-state index in [0.717, 1.165) is 6.42 Å². The molecule has 2 N–H and O–H groups in total. The Bertz CT molecular complexity index is 302. The van der Waals surface area contributed by atoms with Crippen LogP contribution in [0.3, 0.4) is 0 Å². The predicted molar refractivity (Wildman–Crippen MR) is 58.4 cm³/mol. The fraction of sp³-hybridized carbons (Fsp3) is 0.500. The van der Waals surface area contributed by atoms with Gasteiger partial charge in [0.2, 0.25) is 5.91 Å². The zero-order valence-electron chi connectivity index (χ0n) is 9.03. The van der Waals surface area contributed by atoms with Crippen LogP contribution in [0.4, 0.5) is 5.82 Å². The van der Waals surface area contributed by atoms with E-state index in [-0.39, 0.29) is 11.9 Å². The summed E-state index contributed by atoms with van der Waals surface area (Å²) in [6.07, 6.45) is 5.69. The first kappa shape index (κ1) is 11.4. The van der Waals surface area contributed by atoms with E-state index >= 15 is 0 Å². The molecule has 1 atom stereocenters. The van der Waals surface area contributed by atoms with Crippen molar-refractivity contribution in [1.29, 1.82) is 0 Å². The molecule has 0 aliphatic rings. The van der Waals surface area contributed by atoms with Gasteiger partial charge in [-0.15, -0.1) is 0 Å². The summed E-state index contributed by atoms with van der Waals surface area (Å²) in [6, 6.07) is -0.298. The lowest BCUT2D eigenvalue weighted by atomic mass is 10.3. The molecule has 5 heteroatoms. The number of amides is 1. The topological polar surface area (TPSA) is 66.9 Å². The molecule has 0 aliphatic heterocycles. The smallest absolute Gasteiger partial charge is 0.242 e. The molecule has 1 unspecified atom stereocenters. The second-order valence-corrected chi connectivity index (χ2v) is 3.25. The highest BCUT2D eigenvalue weighted by Crippen LogP contribution is 2.00. The Morgan fingerprint density at radius 1 is 1.53 bits per heavy atom. The summed E-state index contributed by atoms with van der Waals surface area (Å²) in [5, 5.41) is 5.77. The van der Waals surface area contributed by atoms with Crippen LogP contribution in [-0.4, -0.2) is 28.5 Å². The maximum Gasteiger partial charge on any atom is 0.242 e. The van der Waals surface area contributed by atoms with Crippen LogP contribution in [0.5, 0.6) is 0 Å². The first-order valence-electron chi connectivity index (χ1n) is 5.04. The Hall–Kier alpha value is -1.65. The fourth-order valence-electron chi connectivity index (χ4n) is 1.06. The average molecular weight is 208 g/mol. The van der Waals surface area contributed by atoms with Gasteiger partial charge in [0.1, 0.15) is 11.9 Å². The Balaban J connectivity index is 2.41. The van der Waals surface area contributed by atoms with Crippen LogP contribution in [0.25, 0.3) is 0 Å². The number of anilines is 1. The van der Waals surface area contributed by atoms with Crippen LogP contribution in [0, 0.1) is 0 Å². The summed E-state index contributed by atoms with van der Waals surface area (Å²) in [5.74, 6) is 0.583. The largest absolute Gasteiger partial charge is 0.357 e. The van der Waals surface area contributed by atoms with Crippen LogP contribution in [0.15, 0.2) is 18.6 Å². The van der Waals surface area contributed by atoms with Crippen molar-refractivity contribution in [3.05, 3.63) is 18.6 Å². The molecule has 5 nitrogen and oxygen atoms in total. The second-order valence-electron chi connectivity index (χ2n) is 3.25. The summed E-state index contributed by atoms with van der Waals surface area (Å²) in [7, 11) is 0. The molecular weight excluding hydrogens is 192 g/mol. The number of nitrogens with one attached hydrogen (secondary N) is 2. The molecule has 0 saturated heterocycles. The number of aromatic nitrogens is 2. The van der Waals surface area contributed by atoms with Gasteiger partial charge in [-0.1, -0.05) is 6.92 Å². The van der Waals surface area contributed by atoms with Gasteiger partial charge in [-0.05, 0) is 13.3 Å². The molecule has 0 fully saturated rings. The lowest BCUT2D eigenvalue weighted by Gasteiger charge is -2.13. The molecular formula is C10H16N4O. The van der Waals surface area contributed by atoms with Crippen molar-refractivity contribution in [1.82, 2.24) is 15.3 Å². The molecule has 0 bridgehead atoms. The molecule has 0 aliphatic carbocycles. The number of hydrogen-bond donors (Lipinski definition) is 2. The van der Waals surface area contributed by atoms with Crippen LogP contribution in [0.2, 0.25) is 0 Å². The molecule has 0 radical (unpaired) electrons. The first-order chi connectivity index (χ1) is 7.24. The standard InChI is InChI=1S/C10H16N4O/c1-3-4-13-10(15)8(2)14-9-7-11-5-6-12-9/h5-8H,3-4H2,1-2H3,(H,12,14)(H,13,15). The highest BCUT2D eigenvalue weighted by molar-refractivity contribution is 5.83. The summed E-state index contributed by atoms with van der Waals surface area (Å²) in [6.45, 7) is 4.51. The van der Waals surface area contributed by atoms with Crippen LogP contribution in [0.1, 0.15) is 20.3 Å². The number of nitrogens with zero attached hydrogens (tertiary/aromatic N) is 2. The molecule has 82 valence electrons. The molecule has 1 heterocycles. The summed E-state index contributed by atoms with van der Waals surface area (Å²) in [5.41, 5.74) is 0. The molecule has 0 spiro atoms. The van der Waals surface area contributed by atoms with E-state index in [1.165, 1.54) is 0 Å². The van der Waals surface area contributed by atoms with E-state index < -0.39 is 0 Å². The van der Waals surface area contributed by atoms with E-state index in [9.17, 15) is 4.79 Å². The normalized spacial score (nSPS) is 11.9. The van der Waals surface area contributed by atoms with Gasteiger partial charge < -0.3 is 10.6 Å². The van der Waals surface area contributed by atoms with E-state index in [1.54, 1.807) is 25.5 Å². The lowest BCUT2D eigenvalue weighted by Crippen LogP contribution is -2.38. The Kier molecular flexibility index (Phi) is 4.53. The quantitative estimate of drug-likeness (QED) is 0.751. The molecule has 0 aromatic carbocycles. The Morgan fingerprint density at radius 2 is 2.33 bits per heavy atom. The second kappa shape index (κ2) is 5.95. The van der Waals surface area contributed by atoms with Gasteiger partial charge in [-0.2, -0.15) is 0 Å². The van der Waals surface area contributed by atoms with E-state index in [1.807, 2.05) is 6.92 Å². The number of carbonyl (C=O) groups is 1.